The number of hydrogen-bond acceptors (Lipinski definition) is 6. The standard InChI is InChI=1S/C18H17N5O2/c1-25-14-7-4-5-12(9-14)15-10-16(23-18(19)22-15)17(24)21-11-13-6-2-3-8-20-13/h2-10H,11H2,1H3,(H,21,24)(H2,19,22,23). The van der Waals surface area contributed by atoms with Crippen molar-refractivity contribution in [3.8, 4) is 17.0 Å². The van der Waals surface area contributed by atoms with Gasteiger partial charge in [-0.3, -0.25) is 9.78 Å². The first kappa shape index (κ1) is 16.4. The molecule has 3 rings (SSSR count). The van der Waals surface area contributed by atoms with Gasteiger partial charge in [0.1, 0.15) is 11.4 Å². The molecule has 2 aromatic heterocycles. The van der Waals surface area contributed by atoms with E-state index in [1.807, 2.05) is 42.5 Å². The van der Waals surface area contributed by atoms with Crippen LogP contribution in [0.2, 0.25) is 0 Å². The van der Waals surface area contributed by atoms with Crippen LogP contribution >= 0.6 is 0 Å². The lowest BCUT2D eigenvalue weighted by Gasteiger charge is -2.08. The Morgan fingerprint density at radius 1 is 1.16 bits per heavy atom. The van der Waals surface area contributed by atoms with Crippen molar-refractivity contribution in [3.63, 3.8) is 0 Å². The van der Waals surface area contributed by atoms with Gasteiger partial charge in [-0.05, 0) is 30.3 Å². The molecule has 0 aliphatic rings. The number of carbonyl (C=O) groups excluding carboxylic acids is 1. The Labute approximate surface area is 144 Å². The molecule has 0 saturated heterocycles. The average molecular weight is 335 g/mol. The molecule has 25 heavy (non-hydrogen) atoms. The number of pyridine rings is 1. The van der Waals surface area contributed by atoms with E-state index in [0.717, 1.165) is 11.3 Å². The minimum Gasteiger partial charge on any atom is -0.497 e. The zero-order valence-corrected chi connectivity index (χ0v) is 13.6. The van der Waals surface area contributed by atoms with Crippen molar-refractivity contribution in [2.45, 2.75) is 6.54 Å². The molecule has 1 amide bonds. The zero-order chi connectivity index (χ0) is 17.6. The van der Waals surface area contributed by atoms with E-state index in [2.05, 4.69) is 20.3 Å². The molecule has 3 N–H and O–H groups in total. The lowest BCUT2D eigenvalue weighted by Crippen LogP contribution is -2.24. The van der Waals surface area contributed by atoms with Crippen molar-refractivity contribution in [1.29, 1.82) is 0 Å². The second kappa shape index (κ2) is 7.39. The first-order valence-corrected chi connectivity index (χ1v) is 7.63. The van der Waals surface area contributed by atoms with Crippen molar-refractivity contribution >= 4 is 11.9 Å². The predicted molar refractivity (Wildman–Crippen MR) is 93.8 cm³/mol. The highest BCUT2D eigenvalue weighted by Crippen LogP contribution is 2.23. The Morgan fingerprint density at radius 3 is 2.80 bits per heavy atom. The molecule has 2 heterocycles. The number of ether oxygens (including phenoxy) is 1. The van der Waals surface area contributed by atoms with Gasteiger partial charge < -0.3 is 15.8 Å². The number of carbonyl (C=O) groups is 1. The van der Waals surface area contributed by atoms with Gasteiger partial charge in [0.25, 0.3) is 5.91 Å². The summed E-state index contributed by atoms with van der Waals surface area (Å²) < 4.78 is 5.21. The maximum absolute atomic E-state index is 12.4. The third-order valence-corrected chi connectivity index (χ3v) is 3.50. The van der Waals surface area contributed by atoms with Crippen LogP contribution in [-0.2, 0) is 6.54 Å². The van der Waals surface area contributed by atoms with Crippen LogP contribution in [0.4, 0.5) is 5.95 Å². The molecular formula is C18H17N5O2. The largest absolute Gasteiger partial charge is 0.497 e. The monoisotopic (exact) mass is 335 g/mol. The van der Waals surface area contributed by atoms with Crippen molar-refractivity contribution in [3.05, 3.63) is 66.1 Å². The van der Waals surface area contributed by atoms with Crippen LogP contribution in [-0.4, -0.2) is 28.0 Å². The van der Waals surface area contributed by atoms with Gasteiger partial charge >= 0.3 is 0 Å². The number of anilines is 1. The van der Waals surface area contributed by atoms with Crippen molar-refractivity contribution in [2.75, 3.05) is 12.8 Å². The maximum atomic E-state index is 12.4. The van der Waals surface area contributed by atoms with Crippen LogP contribution in [0.25, 0.3) is 11.3 Å². The Morgan fingerprint density at radius 2 is 2.04 bits per heavy atom. The van der Waals surface area contributed by atoms with Crippen molar-refractivity contribution < 1.29 is 9.53 Å². The first-order chi connectivity index (χ1) is 12.2. The summed E-state index contributed by atoms with van der Waals surface area (Å²) in [6.45, 7) is 0.304. The zero-order valence-electron chi connectivity index (χ0n) is 13.6. The summed E-state index contributed by atoms with van der Waals surface area (Å²) >= 11 is 0. The van der Waals surface area contributed by atoms with E-state index in [1.54, 1.807) is 19.4 Å². The molecule has 126 valence electrons. The number of nitrogens with two attached hydrogens (primary N) is 1. The minimum atomic E-state index is -0.344. The first-order valence-electron chi connectivity index (χ1n) is 7.63. The van der Waals surface area contributed by atoms with E-state index in [1.165, 1.54) is 0 Å². The lowest BCUT2D eigenvalue weighted by atomic mass is 10.1. The number of nitrogens with zero attached hydrogens (tertiary/aromatic N) is 3. The number of amides is 1. The number of nitrogens with one attached hydrogen (secondary N) is 1. The van der Waals surface area contributed by atoms with E-state index in [0.29, 0.717) is 18.0 Å². The quantitative estimate of drug-likeness (QED) is 0.740. The molecule has 3 aromatic rings. The summed E-state index contributed by atoms with van der Waals surface area (Å²) in [7, 11) is 1.59. The number of nitrogen functional groups attached to an aromatic ring is 1. The summed E-state index contributed by atoms with van der Waals surface area (Å²) in [5.74, 6) is 0.378. The van der Waals surface area contributed by atoms with Crippen LogP contribution in [0.5, 0.6) is 5.75 Å². The molecule has 7 heteroatoms. The van der Waals surface area contributed by atoms with E-state index in [-0.39, 0.29) is 17.5 Å². The summed E-state index contributed by atoms with van der Waals surface area (Å²) in [4.78, 5) is 24.7. The Balaban J connectivity index is 1.82. The smallest absolute Gasteiger partial charge is 0.270 e. The molecular weight excluding hydrogens is 318 g/mol. The van der Waals surface area contributed by atoms with Gasteiger partial charge in [-0.1, -0.05) is 18.2 Å². The van der Waals surface area contributed by atoms with Gasteiger partial charge in [-0.25, -0.2) is 9.97 Å². The van der Waals surface area contributed by atoms with Gasteiger partial charge in [0.15, 0.2) is 0 Å². The minimum absolute atomic E-state index is 0.0308. The molecule has 0 atom stereocenters. The molecule has 0 aliphatic heterocycles. The highest BCUT2D eigenvalue weighted by molar-refractivity contribution is 5.93. The Bertz CT molecular complexity index is 884. The van der Waals surface area contributed by atoms with E-state index < -0.39 is 0 Å². The molecule has 1 aromatic carbocycles. The number of hydrogen-bond donors (Lipinski definition) is 2. The number of aromatic nitrogens is 3. The molecule has 7 nitrogen and oxygen atoms in total. The van der Waals surface area contributed by atoms with E-state index >= 15 is 0 Å². The lowest BCUT2D eigenvalue weighted by molar-refractivity contribution is 0.0945. The number of rotatable bonds is 5. The second-order valence-corrected chi connectivity index (χ2v) is 5.23. The molecule has 0 spiro atoms. The van der Waals surface area contributed by atoms with Gasteiger partial charge in [0.2, 0.25) is 5.95 Å². The molecule has 0 fully saturated rings. The summed E-state index contributed by atoms with van der Waals surface area (Å²) in [5, 5.41) is 2.77. The van der Waals surface area contributed by atoms with Crippen molar-refractivity contribution in [1.82, 2.24) is 20.3 Å². The molecule has 0 bridgehead atoms. The van der Waals surface area contributed by atoms with Gasteiger partial charge in [0.05, 0.1) is 25.0 Å². The van der Waals surface area contributed by atoms with Gasteiger partial charge in [0, 0.05) is 11.8 Å². The topological polar surface area (TPSA) is 103 Å². The fraction of sp³-hybridized carbons (Fsp3) is 0.111. The fourth-order valence-corrected chi connectivity index (χ4v) is 2.28. The normalized spacial score (nSPS) is 10.3. The third kappa shape index (κ3) is 4.08. The summed E-state index contributed by atoms with van der Waals surface area (Å²) in [5.41, 5.74) is 8.05. The molecule has 0 aliphatic carbocycles. The second-order valence-electron chi connectivity index (χ2n) is 5.23. The Kier molecular flexibility index (Phi) is 4.84. The average Bonchev–Trinajstić information content (AvgIpc) is 2.66. The van der Waals surface area contributed by atoms with E-state index in [9.17, 15) is 4.79 Å². The number of methoxy groups -OCH3 is 1. The highest BCUT2D eigenvalue weighted by Gasteiger charge is 2.12. The van der Waals surface area contributed by atoms with Gasteiger partial charge in [-0.15, -0.1) is 0 Å². The van der Waals surface area contributed by atoms with Crippen LogP contribution in [0.3, 0.4) is 0 Å². The third-order valence-electron chi connectivity index (χ3n) is 3.50. The number of benzene rings is 1. The van der Waals surface area contributed by atoms with E-state index in [4.69, 9.17) is 10.5 Å². The summed E-state index contributed by atoms with van der Waals surface area (Å²) in [6, 6.07) is 14.4. The molecule has 0 unspecified atom stereocenters. The van der Waals surface area contributed by atoms with Gasteiger partial charge in [-0.2, -0.15) is 0 Å². The molecule has 0 saturated carbocycles. The SMILES string of the molecule is COc1cccc(-c2cc(C(=O)NCc3ccccn3)nc(N)n2)c1. The van der Waals surface area contributed by atoms with Crippen LogP contribution in [0, 0.1) is 0 Å². The maximum Gasteiger partial charge on any atom is 0.270 e. The van der Waals surface area contributed by atoms with Crippen LogP contribution < -0.4 is 15.8 Å². The summed E-state index contributed by atoms with van der Waals surface area (Å²) in [6.07, 6.45) is 1.67. The van der Waals surface area contributed by atoms with Crippen molar-refractivity contribution in [2.24, 2.45) is 0 Å². The Hall–Kier alpha value is -3.48. The van der Waals surface area contributed by atoms with Crippen LogP contribution in [0.1, 0.15) is 16.2 Å². The fourth-order valence-electron chi connectivity index (χ4n) is 2.28. The van der Waals surface area contributed by atoms with Crippen LogP contribution in [0.15, 0.2) is 54.7 Å². The highest BCUT2D eigenvalue weighted by atomic mass is 16.5. The predicted octanol–water partition coefficient (Wildman–Crippen LogP) is 2.06. The molecule has 0 radical (unpaired) electrons.